The Hall–Kier alpha value is -3.67. The molecule has 1 aliphatic heterocycles. The van der Waals surface area contributed by atoms with E-state index in [2.05, 4.69) is 16.0 Å². The average Bonchev–Trinajstić information content (AvgIpc) is 3.46. The zero-order valence-electron chi connectivity index (χ0n) is 21.9. The zero-order valence-corrected chi connectivity index (χ0v) is 21.9. The van der Waals surface area contributed by atoms with Gasteiger partial charge in [-0.05, 0) is 48.5 Å². The molecule has 2 fully saturated rings. The largest absolute Gasteiger partial charge is 0.493 e. The molecule has 1 unspecified atom stereocenters. The number of halogens is 1. The summed E-state index contributed by atoms with van der Waals surface area (Å²) in [6, 6.07) is 9.59. The Labute approximate surface area is 217 Å². The molecule has 1 aliphatic carbocycles. The summed E-state index contributed by atoms with van der Waals surface area (Å²) in [5.74, 6) is 4.29. The van der Waals surface area contributed by atoms with Crippen molar-refractivity contribution >= 4 is 34.5 Å². The molecule has 2 aliphatic rings. The van der Waals surface area contributed by atoms with Gasteiger partial charge in [0, 0.05) is 43.3 Å². The van der Waals surface area contributed by atoms with Crippen molar-refractivity contribution in [3.8, 4) is 23.0 Å². The molecule has 0 radical (unpaired) electrons. The van der Waals surface area contributed by atoms with E-state index in [9.17, 15) is 5.26 Å². The Bertz CT molecular complexity index is 1480. The van der Waals surface area contributed by atoms with Crippen LogP contribution in [0, 0.1) is 23.0 Å². The maximum absolute atomic E-state index is 15.1. The molecule has 0 N–H and O–H groups in total. The molecule has 9 heteroatoms. The van der Waals surface area contributed by atoms with E-state index in [1.54, 1.807) is 17.9 Å². The van der Waals surface area contributed by atoms with Crippen LogP contribution in [0.2, 0.25) is 12.1 Å². The first-order valence-electron chi connectivity index (χ1n) is 13.2. The smallest absolute Gasteiger partial charge is 0.273 e. The number of methoxy groups -OCH3 is 1. The third-order valence-electron chi connectivity index (χ3n) is 7.38. The predicted octanol–water partition coefficient (Wildman–Crippen LogP) is 5.91. The number of nitriles is 1. The van der Waals surface area contributed by atoms with Gasteiger partial charge in [0.15, 0.2) is 11.6 Å². The monoisotopic (exact) mass is 498 g/mol. The number of hydrogen-bond acceptors (Lipinski definition) is 6. The molecule has 190 valence electrons. The molecular weight excluding hydrogens is 466 g/mol. The minimum Gasteiger partial charge on any atom is -0.493 e. The van der Waals surface area contributed by atoms with Gasteiger partial charge in [-0.3, -0.25) is 4.68 Å². The Morgan fingerprint density at radius 3 is 2.62 bits per heavy atom. The lowest BCUT2D eigenvalue weighted by atomic mass is 9.39. The van der Waals surface area contributed by atoms with Crippen LogP contribution in [0.5, 0.6) is 5.75 Å². The van der Waals surface area contributed by atoms with Crippen LogP contribution >= 0.6 is 0 Å². The first-order valence-corrected chi connectivity index (χ1v) is 13.2. The normalized spacial score (nSPS) is 17.0. The number of ether oxygens (including phenoxy) is 1. The number of nitrogens with zero attached hydrogens (tertiary/aromatic N) is 6. The van der Waals surface area contributed by atoms with E-state index in [1.165, 1.54) is 20.0 Å². The molecule has 6 rings (SSSR count). The van der Waals surface area contributed by atoms with Gasteiger partial charge in [0.25, 0.3) is 6.71 Å². The molecular formula is C28H32BFN6O. The lowest BCUT2D eigenvalue weighted by molar-refractivity contribution is 0.390. The summed E-state index contributed by atoms with van der Waals surface area (Å²) in [6.45, 7) is 5.93. The number of aromatic nitrogens is 4. The van der Waals surface area contributed by atoms with Gasteiger partial charge >= 0.3 is 0 Å². The minimum absolute atomic E-state index is 0.133. The number of aryl methyl sites for hydroxylation is 1. The number of hydrogen-bond donors (Lipinski definition) is 0. The van der Waals surface area contributed by atoms with Gasteiger partial charge in [0.2, 0.25) is 0 Å². The van der Waals surface area contributed by atoms with Crippen molar-refractivity contribution in [2.45, 2.75) is 45.2 Å². The van der Waals surface area contributed by atoms with Crippen molar-refractivity contribution in [3.63, 3.8) is 0 Å². The molecule has 4 aromatic rings. The second-order valence-corrected chi connectivity index (χ2v) is 9.83. The first-order chi connectivity index (χ1) is 18.0. The van der Waals surface area contributed by atoms with Gasteiger partial charge in [-0.25, -0.2) is 19.6 Å². The molecule has 37 heavy (non-hydrogen) atoms. The van der Waals surface area contributed by atoms with Crippen molar-refractivity contribution in [3.05, 3.63) is 42.3 Å². The summed E-state index contributed by atoms with van der Waals surface area (Å²) in [6.07, 6.45) is 6.42. The van der Waals surface area contributed by atoms with Crippen molar-refractivity contribution < 1.29 is 9.13 Å². The lowest BCUT2D eigenvalue weighted by Crippen LogP contribution is -2.25. The Morgan fingerprint density at radius 1 is 1.14 bits per heavy atom. The molecule has 1 saturated carbocycles. The standard InChI is InChI=1S/C26H26BFN6O.C2H6/c1-33-13-17-11-19(26(35-2)24(28)25(17)32-33)20-5-6-22-21(30-20)7-8-23(31-22)34-10-9-18(14-34)27(15-29)12-16-3-4-16;1-2/h5-8,11,13,16,18H,3-4,9-10,12,14H2,1-2H3;1-2H3. The molecule has 1 aromatic carbocycles. The van der Waals surface area contributed by atoms with Crippen LogP contribution in [0.15, 0.2) is 36.5 Å². The van der Waals surface area contributed by atoms with Gasteiger partial charge in [-0.1, -0.05) is 33.0 Å². The number of rotatable bonds is 6. The van der Waals surface area contributed by atoms with Crippen molar-refractivity contribution in [2.75, 3.05) is 25.1 Å². The highest BCUT2D eigenvalue weighted by molar-refractivity contribution is 6.68. The Kier molecular flexibility index (Phi) is 7.01. The van der Waals surface area contributed by atoms with Crippen molar-refractivity contribution in [2.24, 2.45) is 13.0 Å². The Balaban J connectivity index is 0.00000137. The van der Waals surface area contributed by atoms with Gasteiger partial charge in [-0.2, -0.15) is 5.10 Å². The molecule has 1 saturated heterocycles. The fourth-order valence-corrected chi connectivity index (χ4v) is 5.33. The molecule has 0 amide bonds. The highest BCUT2D eigenvalue weighted by Gasteiger charge is 2.37. The first kappa shape index (κ1) is 25.0. The van der Waals surface area contributed by atoms with Crippen LogP contribution in [0.1, 0.15) is 33.1 Å². The average molecular weight is 498 g/mol. The fourth-order valence-electron chi connectivity index (χ4n) is 5.33. The summed E-state index contributed by atoms with van der Waals surface area (Å²) >= 11 is 0. The number of benzene rings is 1. The lowest BCUT2D eigenvalue weighted by Gasteiger charge is -2.19. The zero-order chi connectivity index (χ0) is 26.1. The van der Waals surface area contributed by atoms with E-state index in [0.717, 1.165) is 48.6 Å². The maximum atomic E-state index is 15.1. The van der Waals surface area contributed by atoms with Crippen molar-refractivity contribution in [1.82, 2.24) is 19.7 Å². The van der Waals surface area contributed by atoms with Crippen LogP contribution in [-0.4, -0.2) is 46.7 Å². The molecule has 7 nitrogen and oxygen atoms in total. The topological polar surface area (TPSA) is 79.9 Å². The van der Waals surface area contributed by atoms with E-state index in [4.69, 9.17) is 14.7 Å². The van der Waals surface area contributed by atoms with E-state index in [0.29, 0.717) is 22.5 Å². The molecule has 1 atom stereocenters. The number of fused-ring (bicyclic) bond motifs is 2. The maximum Gasteiger partial charge on any atom is 0.273 e. The van der Waals surface area contributed by atoms with E-state index in [-0.39, 0.29) is 18.0 Å². The van der Waals surface area contributed by atoms with Crippen LogP contribution in [0.25, 0.3) is 33.2 Å². The predicted molar refractivity (Wildman–Crippen MR) is 147 cm³/mol. The summed E-state index contributed by atoms with van der Waals surface area (Å²) in [4.78, 5) is 11.9. The summed E-state index contributed by atoms with van der Waals surface area (Å²) in [7, 11) is 3.22. The minimum atomic E-state index is -0.489. The highest BCUT2D eigenvalue weighted by atomic mass is 19.1. The molecule has 0 spiro atoms. The van der Waals surface area contributed by atoms with Crippen LogP contribution < -0.4 is 9.64 Å². The van der Waals surface area contributed by atoms with Gasteiger partial charge < -0.3 is 9.64 Å². The Morgan fingerprint density at radius 2 is 1.89 bits per heavy atom. The molecule has 3 aromatic heterocycles. The summed E-state index contributed by atoms with van der Waals surface area (Å²) in [5.41, 5.74) is 2.99. The van der Waals surface area contributed by atoms with Gasteiger partial charge in [0.1, 0.15) is 11.3 Å². The fraction of sp³-hybridized carbons (Fsp3) is 0.429. The third kappa shape index (κ3) is 4.85. The van der Waals surface area contributed by atoms with E-state index in [1.807, 2.05) is 44.2 Å². The summed E-state index contributed by atoms with van der Waals surface area (Å²) in [5, 5.41) is 14.6. The molecule has 4 heterocycles. The molecule has 0 bridgehead atoms. The highest BCUT2D eigenvalue weighted by Crippen LogP contribution is 2.39. The number of anilines is 1. The van der Waals surface area contributed by atoms with Crippen LogP contribution in [0.3, 0.4) is 0 Å². The quantitative estimate of drug-likeness (QED) is 0.308. The van der Waals surface area contributed by atoms with Gasteiger partial charge in [0.05, 0.1) is 23.8 Å². The number of pyridine rings is 2. The van der Waals surface area contributed by atoms with Gasteiger partial charge in [-0.15, -0.1) is 0 Å². The summed E-state index contributed by atoms with van der Waals surface area (Å²) < 4.78 is 22.1. The van der Waals surface area contributed by atoms with E-state index < -0.39 is 5.82 Å². The third-order valence-corrected chi connectivity index (χ3v) is 7.38. The van der Waals surface area contributed by atoms with Crippen LogP contribution in [-0.2, 0) is 7.05 Å². The van der Waals surface area contributed by atoms with Crippen LogP contribution in [0.4, 0.5) is 10.2 Å². The second-order valence-electron chi connectivity index (χ2n) is 9.83. The van der Waals surface area contributed by atoms with Crippen molar-refractivity contribution in [1.29, 1.82) is 5.26 Å². The van der Waals surface area contributed by atoms with E-state index >= 15 is 4.39 Å². The SMILES string of the molecule is CC.COc1c(-c2ccc3nc(N4CCC(B(C#N)CC5CC5)C4)ccc3n2)cc2cn(C)nc2c1F. The second kappa shape index (κ2) is 10.4.